The van der Waals surface area contributed by atoms with Crippen molar-refractivity contribution in [2.45, 2.75) is 51.0 Å². The van der Waals surface area contributed by atoms with E-state index in [-0.39, 0.29) is 0 Å². The highest BCUT2D eigenvalue weighted by Crippen LogP contribution is 2.26. The number of benzene rings is 2. The molecule has 3 N–H and O–H groups in total. The van der Waals surface area contributed by atoms with E-state index in [1.165, 1.54) is 48.8 Å². The lowest BCUT2D eigenvalue weighted by atomic mass is 9.87. The van der Waals surface area contributed by atoms with Crippen molar-refractivity contribution in [3.63, 3.8) is 0 Å². The minimum absolute atomic E-state index is 0.624. The maximum absolute atomic E-state index is 6.07. The van der Waals surface area contributed by atoms with Crippen LogP contribution in [0.1, 0.15) is 42.4 Å². The van der Waals surface area contributed by atoms with Gasteiger partial charge in [0, 0.05) is 11.7 Å². The summed E-state index contributed by atoms with van der Waals surface area (Å²) >= 11 is 0. The van der Waals surface area contributed by atoms with Crippen molar-refractivity contribution in [1.29, 1.82) is 0 Å². The van der Waals surface area contributed by atoms with Crippen LogP contribution in [0.3, 0.4) is 0 Å². The third-order valence-corrected chi connectivity index (χ3v) is 4.94. The molecular formula is C21H28N2. The Morgan fingerprint density at radius 3 is 2.70 bits per heavy atom. The fraction of sp³-hybridized carbons (Fsp3) is 0.429. The molecule has 0 aliphatic heterocycles. The van der Waals surface area contributed by atoms with E-state index in [9.17, 15) is 0 Å². The van der Waals surface area contributed by atoms with Gasteiger partial charge in [0.1, 0.15) is 0 Å². The topological polar surface area (TPSA) is 38.0 Å². The summed E-state index contributed by atoms with van der Waals surface area (Å²) in [5.41, 5.74) is 11.3. The van der Waals surface area contributed by atoms with Crippen LogP contribution in [-0.4, -0.2) is 12.6 Å². The van der Waals surface area contributed by atoms with Crippen molar-refractivity contribution in [2.75, 3.05) is 12.3 Å². The van der Waals surface area contributed by atoms with Crippen LogP contribution in [0.25, 0.3) is 0 Å². The second-order valence-electron chi connectivity index (χ2n) is 6.68. The van der Waals surface area contributed by atoms with E-state index in [4.69, 9.17) is 5.73 Å². The van der Waals surface area contributed by atoms with Crippen LogP contribution in [0.4, 0.5) is 5.69 Å². The van der Waals surface area contributed by atoms with E-state index >= 15 is 0 Å². The summed E-state index contributed by atoms with van der Waals surface area (Å²) in [6.45, 7) is 1.14. The number of aryl methyl sites for hydroxylation is 1. The lowest BCUT2D eigenvalue weighted by Crippen LogP contribution is -2.35. The van der Waals surface area contributed by atoms with Crippen molar-refractivity contribution in [3.8, 4) is 0 Å². The minimum Gasteiger partial charge on any atom is -0.398 e. The molecule has 0 radical (unpaired) electrons. The predicted molar refractivity (Wildman–Crippen MR) is 98.7 cm³/mol. The second-order valence-corrected chi connectivity index (χ2v) is 6.68. The molecule has 0 amide bonds. The first-order valence-corrected chi connectivity index (χ1v) is 8.96. The average Bonchev–Trinajstić information content (AvgIpc) is 2.59. The third kappa shape index (κ3) is 4.59. The summed E-state index contributed by atoms with van der Waals surface area (Å²) in [5, 5.41) is 3.74. The molecule has 1 aliphatic rings. The number of rotatable bonds is 7. The second kappa shape index (κ2) is 8.16. The van der Waals surface area contributed by atoms with Crippen LogP contribution < -0.4 is 11.1 Å². The molecule has 23 heavy (non-hydrogen) atoms. The summed E-state index contributed by atoms with van der Waals surface area (Å²) in [6, 6.07) is 17.8. The van der Waals surface area contributed by atoms with Crippen LogP contribution in [0.5, 0.6) is 0 Å². The van der Waals surface area contributed by atoms with Crippen LogP contribution >= 0.6 is 0 Å². The summed E-state index contributed by atoms with van der Waals surface area (Å²) in [5.74, 6) is 0. The Labute approximate surface area is 140 Å². The van der Waals surface area contributed by atoms with Crippen LogP contribution in [-0.2, 0) is 19.3 Å². The molecule has 0 saturated heterocycles. The standard InChI is InChI=1S/C21H28N2/c22-21-12-7-11-18-16-19(13-14-20(18)21)23-15-6-2-5-10-17-8-3-1-4-9-17/h1,3-4,7-9,11-12,19,23H,2,5-6,10,13-16,22H2. The first-order valence-electron chi connectivity index (χ1n) is 8.96. The number of nitrogen functional groups attached to an aromatic ring is 1. The molecule has 0 bridgehead atoms. The van der Waals surface area contributed by atoms with Gasteiger partial charge in [0.2, 0.25) is 0 Å². The molecular weight excluding hydrogens is 280 g/mol. The maximum Gasteiger partial charge on any atom is 0.0349 e. The van der Waals surface area contributed by atoms with Gasteiger partial charge in [0.25, 0.3) is 0 Å². The van der Waals surface area contributed by atoms with E-state index in [2.05, 4.69) is 47.8 Å². The zero-order valence-corrected chi connectivity index (χ0v) is 13.9. The van der Waals surface area contributed by atoms with Crippen molar-refractivity contribution in [3.05, 3.63) is 65.2 Å². The molecule has 0 fully saturated rings. The Hall–Kier alpha value is -1.80. The van der Waals surface area contributed by atoms with E-state index in [0.29, 0.717) is 6.04 Å². The minimum atomic E-state index is 0.624. The summed E-state index contributed by atoms with van der Waals surface area (Å²) in [4.78, 5) is 0. The normalized spacial score (nSPS) is 17.0. The number of fused-ring (bicyclic) bond motifs is 1. The number of hydrogen-bond acceptors (Lipinski definition) is 2. The molecule has 0 aromatic heterocycles. The molecule has 1 aliphatic carbocycles. The quantitative estimate of drug-likeness (QED) is 0.596. The van der Waals surface area contributed by atoms with Gasteiger partial charge < -0.3 is 11.1 Å². The molecule has 0 heterocycles. The molecule has 2 nitrogen and oxygen atoms in total. The largest absolute Gasteiger partial charge is 0.398 e. The first kappa shape index (κ1) is 16.1. The molecule has 3 rings (SSSR count). The van der Waals surface area contributed by atoms with E-state index in [0.717, 1.165) is 25.1 Å². The third-order valence-electron chi connectivity index (χ3n) is 4.94. The average molecular weight is 308 g/mol. The number of nitrogens with two attached hydrogens (primary N) is 1. The fourth-order valence-electron chi connectivity index (χ4n) is 3.59. The Morgan fingerprint density at radius 2 is 1.83 bits per heavy atom. The highest BCUT2D eigenvalue weighted by molar-refractivity contribution is 5.52. The zero-order chi connectivity index (χ0) is 15.9. The van der Waals surface area contributed by atoms with Gasteiger partial charge in [0.05, 0.1) is 0 Å². The van der Waals surface area contributed by atoms with Crippen LogP contribution in [0.2, 0.25) is 0 Å². The van der Waals surface area contributed by atoms with Gasteiger partial charge in [-0.3, -0.25) is 0 Å². The molecule has 1 atom stereocenters. The highest BCUT2D eigenvalue weighted by Gasteiger charge is 2.19. The lowest BCUT2D eigenvalue weighted by Gasteiger charge is -2.26. The lowest BCUT2D eigenvalue weighted by molar-refractivity contribution is 0.449. The van der Waals surface area contributed by atoms with E-state index in [1.807, 2.05) is 6.07 Å². The Bertz CT molecular complexity index is 606. The van der Waals surface area contributed by atoms with Crippen molar-refractivity contribution in [2.24, 2.45) is 0 Å². The number of nitrogens with one attached hydrogen (secondary N) is 1. The molecule has 1 unspecified atom stereocenters. The van der Waals surface area contributed by atoms with Gasteiger partial charge >= 0.3 is 0 Å². The molecule has 0 spiro atoms. The van der Waals surface area contributed by atoms with Gasteiger partial charge in [0.15, 0.2) is 0 Å². The van der Waals surface area contributed by atoms with Crippen molar-refractivity contribution >= 4 is 5.69 Å². The Morgan fingerprint density at radius 1 is 0.957 bits per heavy atom. The first-order chi connectivity index (χ1) is 11.3. The van der Waals surface area contributed by atoms with Gasteiger partial charge in [-0.05, 0) is 67.8 Å². The van der Waals surface area contributed by atoms with Crippen LogP contribution in [0, 0.1) is 0 Å². The summed E-state index contributed by atoms with van der Waals surface area (Å²) < 4.78 is 0. The summed E-state index contributed by atoms with van der Waals surface area (Å²) in [7, 11) is 0. The zero-order valence-electron chi connectivity index (χ0n) is 13.9. The van der Waals surface area contributed by atoms with Gasteiger partial charge in [-0.25, -0.2) is 0 Å². The van der Waals surface area contributed by atoms with Crippen molar-refractivity contribution < 1.29 is 0 Å². The number of hydrogen-bond donors (Lipinski definition) is 2. The fourth-order valence-corrected chi connectivity index (χ4v) is 3.59. The Kier molecular flexibility index (Phi) is 5.71. The monoisotopic (exact) mass is 308 g/mol. The van der Waals surface area contributed by atoms with E-state index in [1.54, 1.807) is 0 Å². The number of unbranched alkanes of at least 4 members (excludes halogenated alkanes) is 2. The molecule has 0 saturated carbocycles. The van der Waals surface area contributed by atoms with Crippen LogP contribution in [0.15, 0.2) is 48.5 Å². The predicted octanol–water partition coefficient (Wildman–Crippen LogP) is 4.13. The molecule has 2 heteroatoms. The Balaban J connectivity index is 1.33. The van der Waals surface area contributed by atoms with Gasteiger partial charge in [-0.15, -0.1) is 0 Å². The number of anilines is 1. The van der Waals surface area contributed by atoms with E-state index < -0.39 is 0 Å². The SMILES string of the molecule is Nc1cccc2c1CCC(NCCCCCc1ccccc1)C2. The smallest absolute Gasteiger partial charge is 0.0349 e. The molecule has 122 valence electrons. The maximum atomic E-state index is 6.07. The highest BCUT2D eigenvalue weighted by atomic mass is 14.9. The molecule has 2 aromatic rings. The van der Waals surface area contributed by atoms with Gasteiger partial charge in [-0.1, -0.05) is 48.9 Å². The van der Waals surface area contributed by atoms with Gasteiger partial charge in [-0.2, -0.15) is 0 Å². The van der Waals surface area contributed by atoms with Crippen molar-refractivity contribution in [1.82, 2.24) is 5.32 Å². The molecule has 2 aromatic carbocycles. The summed E-state index contributed by atoms with van der Waals surface area (Å²) in [6.07, 6.45) is 8.53.